The summed E-state index contributed by atoms with van der Waals surface area (Å²) in [4.78, 5) is 16.8. The molecule has 1 aromatic carbocycles. The number of halogens is 2. The number of carbonyl (C=O) groups excluding carboxylic acids is 1. The molecule has 0 N–H and O–H groups in total. The van der Waals surface area contributed by atoms with E-state index in [1.807, 2.05) is 0 Å². The highest BCUT2D eigenvalue weighted by Crippen LogP contribution is 2.25. The zero-order chi connectivity index (χ0) is 17.7. The van der Waals surface area contributed by atoms with Crippen molar-refractivity contribution in [3.63, 3.8) is 0 Å². The van der Waals surface area contributed by atoms with Crippen LogP contribution in [0, 0.1) is 0 Å². The topological polar surface area (TPSA) is 23.6 Å². The van der Waals surface area contributed by atoms with Gasteiger partial charge >= 0.3 is 0 Å². The lowest BCUT2D eigenvalue weighted by Crippen LogP contribution is -2.50. The molecule has 0 aromatic heterocycles. The molecule has 0 saturated carbocycles. The first kappa shape index (κ1) is 19.2. The van der Waals surface area contributed by atoms with Gasteiger partial charge in [-0.25, -0.2) is 8.78 Å². The lowest BCUT2D eigenvalue weighted by Gasteiger charge is -2.34. The molecule has 0 unspecified atom stereocenters. The summed E-state index contributed by atoms with van der Waals surface area (Å²) in [5, 5.41) is 0. The smallest absolute Gasteiger partial charge is 0.251 e. The van der Waals surface area contributed by atoms with E-state index in [4.69, 9.17) is 0 Å². The van der Waals surface area contributed by atoms with Gasteiger partial charge in [-0.15, -0.1) is 11.8 Å². The molecule has 0 aliphatic carbocycles. The number of alkyl halides is 2. The number of piperazine rings is 1. The summed E-state index contributed by atoms with van der Waals surface area (Å²) < 4.78 is 24.7. The number of hydrogen-bond donors (Lipinski definition) is 0. The molecule has 0 radical (unpaired) electrons. The highest BCUT2D eigenvalue weighted by Gasteiger charge is 2.22. The second kappa shape index (κ2) is 8.30. The van der Waals surface area contributed by atoms with Crippen LogP contribution < -0.4 is 0 Å². The minimum atomic E-state index is -2.31. The third-order valence-corrected chi connectivity index (χ3v) is 5.20. The number of thioether (sulfide) groups is 1. The van der Waals surface area contributed by atoms with E-state index in [0.29, 0.717) is 31.9 Å². The summed E-state index contributed by atoms with van der Waals surface area (Å²) >= 11 is 1.53. The van der Waals surface area contributed by atoms with Crippen LogP contribution in [0.5, 0.6) is 0 Å². The zero-order valence-electron chi connectivity index (χ0n) is 14.6. The fourth-order valence-corrected chi connectivity index (χ4v) is 3.46. The molecule has 1 aliphatic rings. The van der Waals surface area contributed by atoms with Crippen molar-refractivity contribution in [3.05, 3.63) is 29.8 Å². The Morgan fingerprint density at radius 1 is 1.12 bits per heavy atom. The van der Waals surface area contributed by atoms with Gasteiger partial charge in [0.15, 0.2) is 0 Å². The monoisotopic (exact) mass is 356 g/mol. The van der Waals surface area contributed by atoms with Gasteiger partial charge in [-0.3, -0.25) is 9.69 Å². The quantitative estimate of drug-likeness (QED) is 0.755. The molecule has 0 atom stereocenters. The van der Waals surface area contributed by atoms with Crippen molar-refractivity contribution in [2.24, 2.45) is 0 Å². The van der Waals surface area contributed by atoms with E-state index in [9.17, 15) is 13.6 Å². The Bertz CT molecular complexity index is 535. The third kappa shape index (κ3) is 5.74. The molecule has 1 saturated heterocycles. The molecule has 1 aromatic rings. The lowest BCUT2D eigenvalue weighted by molar-refractivity contribution is -0.130. The van der Waals surface area contributed by atoms with Crippen LogP contribution in [0.15, 0.2) is 29.2 Å². The zero-order valence-corrected chi connectivity index (χ0v) is 15.4. The predicted molar refractivity (Wildman–Crippen MR) is 94.9 cm³/mol. The largest absolute Gasteiger partial charge is 0.339 e. The Labute approximate surface area is 147 Å². The number of carbonyl (C=O) groups is 1. The van der Waals surface area contributed by atoms with Gasteiger partial charge in [-0.05, 0) is 23.1 Å². The van der Waals surface area contributed by atoms with Gasteiger partial charge in [0.1, 0.15) is 0 Å². The van der Waals surface area contributed by atoms with Crippen LogP contribution in [0.2, 0.25) is 0 Å². The standard InChI is InChI=1S/C18H26F2N2OS/c1-18(2,3)14-4-6-15(7-5-14)24-13-17(23)22-10-8-21(9-11-22)12-16(19)20/h4-7,16H,8-13H2,1-3H3. The molecule has 24 heavy (non-hydrogen) atoms. The summed E-state index contributed by atoms with van der Waals surface area (Å²) in [5.41, 5.74) is 1.39. The summed E-state index contributed by atoms with van der Waals surface area (Å²) in [5.74, 6) is 0.473. The number of nitrogens with zero attached hydrogens (tertiary/aromatic N) is 2. The van der Waals surface area contributed by atoms with Gasteiger partial charge in [0.05, 0.1) is 12.3 Å². The van der Waals surface area contributed by atoms with Gasteiger partial charge < -0.3 is 4.90 Å². The van der Waals surface area contributed by atoms with Gasteiger partial charge in [0.25, 0.3) is 6.43 Å². The molecule has 1 heterocycles. The molecular formula is C18H26F2N2OS. The highest BCUT2D eigenvalue weighted by atomic mass is 32.2. The molecule has 3 nitrogen and oxygen atoms in total. The van der Waals surface area contributed by atoms with Crippen LogP contribution in [0.4, 0.5) is 8.78 Å². The molecule has 0 bridgehead atoms. The van der Waals surface area contributed by atoms with Crippen molar-refractivity contribution in [3.8, 4) is 0 Å². The molecular weight excluding hydrogens is 330 g/mol. The van der Waals surface area contributed by atoms with Crippen molar-refractivity contribution in [2.45, 2.75) is 37.5 Å². The minimum absolute atomic E-state index is 0.0802. The van der Waals surface area contributed by atoms with Crippen LogP contribution in [0.1, 0.15) is 26.3 Å². The Morgan fingerprint density at radius 3 is 2.21 bits per heavy atom. The number of amides is 1. The van der Waals surface area contributed by atoms with Crippen LogP contribution in [0.25, 0.3) is 0 Å². The van der Waals surface area contributed by atoms with Crippen molar-refractivity contribution in [1.29, 1.82) is 0 Å². The van der Waals surface area contributed by atoms with Crippen molar-refractivity contribution >= 4 is 17.7 Å². The van der Waals surface area contributed by atoms with Crippen LogP contribution in [-0.4, -0.2) is 60.6 Å². The van der Waals surface area contributed by atoms with E-state index in [-0.39, 0.29) is 17.9 Å². The summed E-state index contributed by atoms with van der Waals surface area (Å²) in [7, 11) is 0. The third-order valence-electron chi connectivity index (χ3n) is 4.20. The van der Waals surface area contributed by atoms with E-state index < -0.39 is 6.43 Å². The average molecular weight is 356 g/mol. The SMILES string of the molecule is CC(C)(C)c1ccc(SCC(=O)N2CCN(CC(F)F)CC2)cc1. The fraction of sp³-hybridized carbons (Fsp3) is 0.611. The van der Waals surface area contributed by atoms with E-state index in [0.717, 1.165) is 4.90 Å². The van der Waals surface area contributed by atoms with Gasteiger partial charge in [0.2, 0.25) is 5.91 Å². The van der Waals surface area contributed by atoms with Crippen LogP contribution in [-0.2, 0) is 10.2 Å². The molecule has 134 valence electrons. The normalized spacial score (nSPS) is 16.7. The Balaban J connectivity index is 1.77. The van der Waals surface area contributed by atoms with E-state index >= 15 is 0 Å². The van der Waals surface area contributed by atoms with Crippen molar-refractivity contribution in [1.82, 2.24) is 9.80 Å². The van der Waals surface area contributed by atoms with Gasteiger partial charge in [-0.1, -0.05) is 32.9 Å². The summed E-state index contributed by atoms with van der Waals surface area (Å²) in [6.45, 7) is 8.45. The Morgan fingerprint density at radius 2 is 1.71 bits per heavy atom. The van der Waals surface area contributed by atoms with E-state index in [2.05, 4.69) is 45.0 Å². The molecule has 1 amide bonds. The van der Waals surface area contributed by atoms with Crippen molar-refractivity contribution < 1.29 is 13.6 Å². The second-order valence-corrected chi connectivity index (χ2v) is 8.18. The van der Waals surface area contributed by atoms with E-state index in [1.54, 1.807) is 9.80 Å². The first-order chi connectivity index (χ1) is 11.3. The maximum Gasteiger partial charge on any atom is 0.251 e. The minimum Gasteiger partial charge on any atom is -0.339 e. The maximum absolute atomic E-state index is 12.4. The first-order valence-corrected chi connectivity index (χ1v) is 9.26. The van der Waals surface area contributed by atoms with E-state index in [1.165, 1.54) is 17.3 Å². The number of benzene rings is 1. The lowest BCUT2D eigenvalue weighted by atomic mass is 9.87. The Kier molecular flexibility index (Phi) is 6.63. The van der Waals surface area contributed by atoms with Crippen molar-refractivity contribution in [2.75, 3.05) is 38.5 Å². The molecule has 0 spiro atoms. The fourth-order valence-electron chi connectivity index (χ4n) is 2.66. The van der Waals surface area contributed by atoms with Gasteiger partial charge in [0, 0.05) is 31.1 Å². The van der Waals surface area contributed by atoms with Crippen LogP contribution in [0.3, 0.4) is 0 Å². The second-order valence-electron chi connectivity index (χ2n) is 7.14. The first-order valence-electron chi connectivity index (χ1n) is 8.27. The molecule has 1 aliphatic heterocycles. The van der Waals surface area contributed by atoms with Gasteiger partial charge in [-0.2, -0.15) is 0 Å². The summed E-state index contributed by atoms with van der Waals surface area (Å²) in [6.07, 6.45) is -2.31. The Hall–Kier alpha value is -1.14. The van der Waals surface area contributed by atoms with Crippen LogP contribution >= 0.6 is 11.8 Å². The highest BCUT2D eigenvalue weighted by molar-refractivity contribution is 8.00. The summed E-state index contributed by atoms with van der Waals surface area (Å²) in [6, 6.07) is 8.32. The predicted octanol–water partition coefficient (Wildman–Crippen LogP) is 3.49. The maximum atomic E-state index is 12.4. The molecule has 6 heteroatoms. The number of rotatable bonds is 5. The number of hydrogen-bond acceptors (Lipinski definition) is 3. The molecule has 1 fully saturated rings. The molecule has 2 rings (SSSR count). The average Bonchev–Trinajstić information content (AvgIpc) is 2.52.